The van der Waals surface area contributed by atoms with Gasteiger partial charge in [-0.05, 0) is 62.5 Å². The van der Waals surface area contributed by atoms with Crippen molar-refractivity contribution in [2.75, 3.05) is 6.54 Å². The summed E-state index contributed by atoms with van der Waals surface area (Å²) in [6.07, 6.45) is 7.95. The van der Waals surface area contributed by atoms with Crippen molar-refractivity contribution in [3.63, 3.8) is 0 Å². The van der Waals surface area contributed by atoms with Gasteiger partial charge in [0.25, 0.3) is 0 Å². The van der Waals surface area contributed by atoms with Gasteiger partial charge in [-0.15, -0.1) is 0 Å². The minimum Gasteiger partial charge on any atom is -0.456 e. The number of aromatic nitrogens is 1. The Balaban J connectivity index is 1.34. The van der Waals surface area contributed by atoms with Crippen LogP contribution >= 0.6 is 0 Å². The third kappa shape index (κ3) is 3.17. The van der Waals surface area contributed by atoms with Gasteiger partial charge in [0.05, 0.1) is 0 Å². The van der Waals surface area contributed by atoms with E-state index in [9.17, 15) is 4.79 Å². The number of para-hydroxylation sites is 1. The molecule has 0 radical (unpaired) electrons. The van der Waals surface area contributed by atoms with Crippen LogP contribution in [0.25, 0.3) is 10.9 Å². The summed E-state index contributed by atoms with van der Waals surface area (Å²) < 4.78 is 6.09. The van der Waals surface area contributed by atoms with Crippen LogP contribution in [-0.2, 0) is 16.0 Å². The number of hydrogen-bond donors (Lipinski definition) is 2. The molecule has 1 aromatic carbocycles. The van der Waals surface area contributed by atoms with Gasteiger partial charge in [-0.2, -0.15) is 0 Å². The molecule has 0 saturated heterocycles. The van der Waals surface area contributed by atoms with Crippen LogP contribution in [-0.4, -0.2) is 23.1 Å². The van der Waals surface area contributed by atoms with Crippen LogP contribution in [0.2, 0.25) is 0 Å². The lowest BCUT2D eigenvalue weighted by atomic mass is 9.65. The first-order valence-electron chi connectivity index (χ1n) is 10.9. The van der Waals surface area contributed by atoms with Crippen molar-refractivity contribution >= 4 is 16.9 Å². The lowest BCUT2D eigenvalue weighted by Crippen LogP contribution is -2.47. The van der Waals surface area contributed by atoms with Crippen LogP contribution in [0.4, 0.5) is 0 Å². The number of fused-ring (bicyclic) bond motifs is 3. The van der Waals surface area contributed by atoms with Gasteiger partial charge in [0.2, 0.25) is 0 Å². The Morgan fingerprint density at radius 3 is 2.72 bits per heavy atom. The number of ether oxygens (including phenoxy) is 1. The number of nitrogens with one attached hydrogen (secondary N) is 2. The van der Waals surface area contributed by atoms with E-state index in [0.29, 0.717) is 5.92 Å². The molecule has 0 aliphatic heterocycles. The summed E-state index contributed by atoms with van der Waals surface area (Å²) in [5, 5.41) is 4.62. The molecular formula is C25H34N2O2. The van der Waals surface area contributed by atoms with Gasteiger partial charge < -0.3 is 15.0 Å². The molecule has 2 aliphatic rings. The van der Waals surface area contributed by atoms with E-state index in [4.69, 9.17) is 4.74 Å². The molecule has 4 rings (SSSR count). The maximum Gasteiger partial charge on any atom is 0.333 e. The molecule has 2 N–H and O–H groups in total. The fraction of sp³-hybridized carbons (Fsp3) is 0.560. The molecule has 0 spiro atoms. The molecular weight excluding hydrogens is 360 g/mol. The summed E-state index contributed by atoms with van der Waals surface area (Å²) in [5.74, 6) is 0.416. The predicted molar refractivity (Wildman–Crippen MR) is 117 cm³/mol. The minimum absolute atomic E-state index is 0.0465. The zero-order valence-corrected chi connectivity index (χ0v) is 18.4. The Morgan fingerprint density at radius 1 is 1.28 bits per heavy atom. The third-order valence-electron chi connectivity index (χ3n) is 8.37. The quantitative estimate of drug-likeness (QED) is 0.513. The Bertz CT molecular complexity index is 957. The molecule has 29 heavy (non-hydrogen) atoms. The van der Waals surface area contributed by atoms with Gasteiger partial charge in [-0.3, -0.25) is 0 Å². The second-order valence-corrected chi connectivity index (χ2v) is 10.0. The lowest BCUT2D eigenvalue weighted by molar-refractivity contribution is -0.169. The van der Waals surface area contributed by atoms with Crippen molar-refractivity contribution in [2.45, 2.75) is 65.9 Å². The summed E-state index contributed by atoms with van der Waals surface area (Å²) in [7, 11) is 0. The number of carbonyl (C=O) groups is 1. The molecule has 3 atom stereocenters. The van der Waals surface area contributed by atoms with Gasteiger partial charge in [0.15, 0.2) is 0 Å². The van der Waals surface area contributed by atoms with Gasteiger partial charge >= 0.3 is 5.97 Å². The maximum absolute atomic E-state index is 12.7. The van der Waals surface area contributed by atoms with E-state index in [0.717, 1.165) is 37.0 Å². The van der Waals surface area contributed by atoms with Crippen molar-refractivity contribution < 1.29 is 9.53 Å². The Morgan fingerprint density at radius 2 is 2.03 bits per heavy atom. The Kier molecular flexibility index (Phi) is 4.79. The normalized spacial score (nSPS) is 30.7. The average Bonchev–Trinajstić information content (AvgIpc) is 3.20. The number of benzene rings is 1. The van der Waals surface area contributed by atoms with Crippen molar-refractivity contribution in [3.05, 3.63) is 47.8 Å². The number of H-pyrrole nitrogens is 1. The zero-order chi connectivity index (χ0) is 20.9. The highest BCUT2D eigenvalue weighted by Gasteiger charge is 2.68. The van der Waals surface area contributed by atoms with E-state index < -0.39 is 0 Å². The summed E-state index contributed by atoms with van der Waals surface area (Å²) >= 11 is 0. The number of hydrogen-bond acceptors (Lipinski definition) is 3. The first kappa shape index (κ1) is 20.1. The van der Waals surface area contributed by atoms with E-state index in [1.165, 1.54) is 17.4 Å². The van der Waals surface area contributed by atoms with Crippen LogP contribution in [0.1, 0.15) is 59.4 Å². The summed E-state index contributed by atoms with van der Waals surface area (Å²) in [4.78, 5) is 16.0. The molecule has 0 amide bonds. The molecule has 3 unspecified atom stereocenters. The molecule has 2 aliphatic carbocycles. The molecule has 1 heterocycles. The molecule has 4 nitrogen and oxygen atoms in total. The highest BCUT2D eigenvalue weighted by Crippen LogP contribution is 2.70. The SMILES string of the molecule is C/C(=C/C(=O)OC1(C)CC2CCC1(C)C2(C)C)NCCc1c[nH]c2ccccc12. The Labute approximate surface area is 174 Å². The molecule has 2 aromatic rings. The lowest BCUT2D eigenvalue weighted by Gasteiger charge is -2.45. The second-order valence-electron chi connectivity index (χ2n) is 10.0. The first-order valence-corrected chi connectivity index (χ1v) is 10.9. The van der Waals surface area contributed by atoms with Crippen LogP contribution in [0.15, 0.2) is 42.2 Å². The number of allylic oxidation sites excluding steroid dienone is 1. The van der Waals surface area contributed by atoms with Gasteiger partial charge in [-0.25, -0.2) is 4.79 Å². The molecule has 1 aromatic heterocycles. The molecule has 2 bridgehead atoms. The summed E-state index contributed by atoms with van der Waals surface area (Å²) in [5.41, 5.74) is 3.19. The fourth-order valence-electron chi connectivity index (χ4n) is 5.96. The van der Waals surface area contributed by atoms with Gasteiger partial charge in [0, 0.05) is 40.8 Å². The van der Waals surface area contributed by atoms with Crippen LogP contribution < -0.4 is 5.32 Å². The first-order chi connectivity index (χ1) is 13.7. The topological polar surface area (TPSA) is 54.1 Å². The highest BCUT2D eigenvalue weighted by molar-refractivity contribution is 5.83. The predicted octanol–water partition coefficient (Wildman–Crippen LogP) is 5.35. The number of carbonyl (C=O) groups excluding carboxylic acids is 1. The van der Waals surface area contributed by atoms with E-state index in [-0.39, 0.29) is 22.4 Å². The van der Waals surface area contributed by atoms with E-state index in [1.54, 1.807) is 6.08 Å². The average molecular weight is 395 g/mol. The number of rotatable bonds is 6. The fourth-order valence-corrected chi connectivity index (χ4v) is 5.96. The van der Waals surface area contributed by atoms with Crippen molar-refractivity contribution in [1.29, 1.82) is 0 Å². The molecule has 156 valence electrons. The number of esters is 1. The van der Waals surface area contributed by atoms with Gasteiger partial charge in [0.1, 0.15) is 5.60 Å². The summed E-state index contributed by atoms with van der Waals surface area (Å²) in [6.45, 7) is 11.9. The molecule has 4 heteroatoms. The van der Waals surface area contributed by atoms with Crippen LogP contribution in [0, 0.1) is 16.7 Å². The van der Waals surface area contributed by atoms with Crippen molar-refractivity contribution in [1.82, 2.24) is 10.3 Å². The highest BCUT2D eigenvalue weighted by atomic mass is 16.6. The van der Waals surface area contributed by atoms with Crippen molar-refractivity contribution in [3.8, 4) is 0 Å². The second kappa shape index (κ2) is 6.93. The van der Waals surface area contributed by atoms with Gasteiger partial charge in [-0.1, -0.05) is 39.0 Å². The zero-order valence-electron chi connectivity index (χ0n) is 18.4. The maximum atomic E-state index is 12.7. The van der Waals surface area contributed by atoms with Crippen LogP contribution in [0.5, 0.6) is 0 Å². The van der Waals surface area contributed by atoms with Crippen molar-refractivity contribution in [2.24, 2.45) is 16.7 Å². The summed E-state index contributed by atoms with van der Waals surface area (Å²) in [6, 6.07) is 8.33. The monoisotopic (exact) mass is 394 g/mol. The largest absolute Gasteiger partial charge is 0.456 e. The smallest absolute Gasteiger partial charge is 0.333 e. The third-order valence-corrected chi connectivity index (χ3v) is 8.37. The van der Waals surface area contributed by atoms with E-state index >= 15 is 0 Å². The standard InChI is InChI=1S/C25H34N2O2/c1-17(26-13-11-18-16-27-21-9-7-6-8-20(18)21)14-22(28)29-25(5)15-19-10-12-24(25,4)23(19,2)3/h6-9,14,16,19,26-27H,10-13,15H2,1-5H3/b17-14-. The molecule has 2 saturated carbocycles. The van der Waals surface area contributed by atoms with Crippen LogP contribution in [0.3, 0.4) is 0 Å². The Hall–Kier alpha value is -2.23. The van der Waals surface area contributed by atoms with E-state index in [1.807, 2.05) is 13.0 Å². The minimum atomic E-state index is -0.378. The molecule has 2 fully saturated rings. The van der Waals surface area contributed by atoms with E-state index in [2.05, 4.69) is 62.4 Å². The number of aromatic amines is 1.